The highest BCUT2D eigenvalue weighted by Gasteiger charge is 2.41. The molecule has 3 rings (SSSR count). The van der Waals surface area contributed by atoms with Crippen molar-refractivity contribution in [1.82, 2.24) is 31.5 Å². The van der Waals surface area contributed by atoms with E-state index in [1.807, 2.05) is 20.1 Å². The normalized spacial score (nSPS) is 24.8. The number of carbonyl (C=O) groups excluding carboxylic acids is 6. The second kappa shape index (κ2) is 18.5. The molecular weight excluding hydrogens is 691 g/mol. The van der Waals surface area contributed by atoms with Crippen molar-refractivity contribution in [3.8, 4) is 5.75 Å². The molecule has 50 heavy (non-hydrogen) atoms. The first-order valence-electron chi connectivity index (χ1n) is 16.6. The molecule has 0 unspecified atom stereocenters. The molecule has 0 aromatic heterocycles. The fourth-order valence-corrected chi connectivity index (χ4v) is 6.67. The zero-order valence-corrected chi connectivity index (χ0v) is 30.7. The number of phosphoric acid groups is 1. The number of carbonyl (C=O) groups is 6. The fraction of sp³-hybridized carbons (Fsp3) is 0.625. The Balaban J connectivity index is 1.98. The summed E-state index contributed by atoms with van der Waals surface area (Å²) in [4.78, 5) is 101. The van der Waals surface area contributed by atoms with E-state index < -0.39 is 85.9 Å². The third kappa shape index (κ3) is 12.3. The maximum absolute atomic E-state index is 14.0. The number of thioether (sulfide) groups is 1. The summed E-state index contributed by atoms with van der Waals surface area (Å²) in [7, 11) is -4.80. The van der Waals surface area contributed by atoms with Crippen LogP contribution in [0.5, 0.6) is 5.75 Å². The largest absolute Gasteiger partial charge is 0.524 e. The van der Waals surface area contributed by atoms with E-state index >= 15 is 0 Å². The van der Waals surface area contributed by atoms with Crippen LogP contribution < -0.4 is 31.1 Å². The molecule has 16 nitrogen and oxygen atoms in total. The van der Waals surface area contributed by atoms with E-state index in [2.05, 4.69) is 31.1 Å². The molecule has 5 atom stereocenters. The summed E-state index contributed by atoms with van der Waals surface area (Å²) in [5, 5.41) is 13.4. The Kier molecular flexibility index (Phi) is 15.1. The molecular formula is C32H49N6O10PS. The Bertz CT molecular complexity index is 1440. The monoisotopic (exact) mass is 740 g/mol. The second-order valence-corrected chi connectivity index (χ2v) is 15.4. The number of rotatable bonds is 10. The van der Waals surface area contributed by atoms with E-state index in [4.69, 9.17) is 9.79 Å². The van der Waals surface area contributed by atoms with E-state index in [1.54, 1.807) is 13.8 Å². The summed E-state index contributed by atoms with van der Waals surface area (Å²) in [5.41, 5.74) is 0.481. The highest BCUT2D eigenvalue weighted by atomic mass is 32.2. The average molecular weight is 741 g/mol. The molecule has 1 aromatic rings. The molecule has 6 amide bonds. The number of phosphoric ester groups is 1. The first-order chi connectivity index (χ1) is 23.5. The lowest BCUT2D eigenvalue weighted by Crippen LogP contribution is -2.61. The summed E-state index contributed by atoms with van der Waals surface area (Å²) in [6.45, 7) is 6.94. The smallest absolute Gasteiger partial charge is 0.404 e. The van der Waals surface area contributed by atoms with Crippen LogP contribution in [-0.4, -0.2) is 105 Å². The van der Waals surface area contributed by atoms with Crippen molar-refractivity contribution in [1.29, 1.82) is 0 Å². The van der Waals surface area contributed by atoms with Gasteiger partial charge in [0.25, 0.3) is 0 Å². The molecule has 2 heterocycles. The van der Waals surface area contributed by atoms with Gasteiger partial charge in [-0.2, -0.15) is 11.8 Å². The number of amides is 6. The molecule has 7 N–H and O–H groups in total. The molecule has 278 valence electrons. The topological polar surface area (TPSA) is 233 Å². The minimum Gasteiger partial charge on any atom is -0.404 e. The van der Waals surface area contributed by atoms with E-state index in [-0.39, 0.29) is 37.5 Å². The van der Waals surface area contributed by atoms with Gasteiger partial charge in [-0.25, -0.2) is 4.57 Å². The van der Waals surface area contributed by atoms with Crippen molar-refractivity contribution in [2.24, 2.45) is 11.8 Å². The first-order valence-corrected chi connectivity index (χ1v) is 19.5. The van der Waals surface area contributed by atoms with Crippen LogP contribution in [0.25, 0.3) is 0 Å². The number of benzene rings is 1. The summed E-state index contributed by atoms with van der Waals surface area (Å²) in [5.74, 6) is -3.58. The quantitative estimate of drug-likeness (QED) is 0.160. The number of fused-ring (bicyclic) bond motifs is 1. The van der Waals surface area contributed by atoms with E-state index in [0.29, 0.717) is 24.2 Å². The van der Waals surface area contributed by atoms with Crippen LogP contribution in [0.3, 0.4) is 0 Å². The Labute approximate surface area is 296 Å². The van der Waals surface area contributed by atoms with Gasteiger partial charge in [0.2, 0.25) is 35.4 Å². The number of nitrogens with zero attached hydrogens (tertiary/aromatic N) is 1. The minimum atomic E-state index is -4.80. The van der Waals surface area contributed by atoms with Crippen molar-refractivity contribution in [2.75, 3.05) is 25.1 Å². The van der Waals surface area contributed by atoms with Crippen LogP contribution in [0.1, 0.15) is 58.9 Å². The van der Waals surface area contributed by atoms with E-state index in [1.165, 1.54) is 40.9 Å². The predicted molar refractivity (Wildman–Crippen MR) is 186 cm³/mol. The van der Waals surface area contributed by atoms with Crippen molar-refractivity contribution in [3.05, 3.63) is 29.8 Å². The summed E-state index contributed by atoms with van der Waals surface area (Å²) in [6, 6.07) is 0.310. The van der Waals surface area contributed by atoms with Crippen LogP contribution in [0.4, 0.5) is 0 Å². The van der Waals surface area contributed by atoms with Crippen LogP contribution in [0.2, 0.25) is 0 Å². The van der Waals surface area contributed by atoms with Gasteiger partial charge < -0.3 is 36.0 Å². The Morgan fingerprint density at radius 2 is 1.52 bits per heavy atom. The lowest BCUT2D eigenvalue weighted by molar-refractivity contribution is -0.143. The molecule has 0 aliphatic carbocycles. The summed E-state index contributed by atoms with van der Waals surface area (Å²) < 4.78 is 15.8. The number of hydrogen-bond acceptors (Lipinski definition) is 9. The Morgan fingerprint density at radius 3 is 2.12 bits per heavy atom. The van der Waals surface area contributed by atoms with Gasteiger partial charge in [-0.05, 0) is 67.2 Å². The van der Waals surface area contributed by atoms with Crippen molar-refractivity contribution in [2.45, 2.75) is 90.0 Å². The third-order valence-electron chi connectivity index (χ3n) is 8.32. The molecule has 1 aromatic carbocycles. The van der Waals surface area contributed by atoms with Gasteiger partial charge in [-0.3, -0.25) is 38.6 Å². The number of hydrogen-bond donors (Lipinski definition) is 7. The van der Waals surface area contributed by atoms with Crippen molar-refractivity contribution in [3.63, 3.8) is 0 Å². The first kappa shape index (κ1) is 40.8. The SMILES string of the molecule is CSCC[C@H]1NC(=O)[C@H]2CCCN2C(=O)[C@H](C(C)C)NC(=O)[C@H](Cc2ccc(OP(=O)(O)O)cc2)NC(=O)CNC(=O)[C@@H](CC(C)C)NC1=O. The molecule has 0 saturated carbocycles. The van der Waals surface area contributed by atoms with E-state index in [0.717, 1.165) is 0 Å². The Morgan fingerprint density at radius 1 is 0.880 bits per heavy atom. The maximum Gasteiger partial charge on any atom is 0.524 e. The minimum absolute atomic E-state index is 0.0181. The lowest BCUT2D eigenvalue weighted by Gasteiger charge is -2.32. The van der Waals surface area contributed by atoms with Gasteiger partial charge in [-0.1, -0.05) is 39.8 Å². The highest BCUT2D eigenvalue weighted by molar-refractivity contribution is 7.98. The lowest BCUT2D eigenvalue weighted by atomic mass is 9.99. The third-order valence-corrected chi connectivity index (χ3v) is 9.41. The fourth-order valence-electron chi connectivity index (χ4n) is 5.80. The van der Waals surface area contributed by atoms with Crippen molar-refractivity contribution >= 4 is 55.0 Å². The standard InChI is InChI=1S/C32H49N6O10PS/c1-18(2)15-23-28(40)33-17-26(39)34-24(16-20-8-10-21(11-9-20)48-49(45,46)47)30(42)37-27(19(3)4)32(44)38-13-6-7-25(38)31(43)35-22(12-14-50-5)29(41)36-23/h8-11,18-19,22-25,27H,6-7,12-17H2,1-5H3,(H,33,40)(H,34,39)(H,35,43)(H,36,41)(H,37,42)(H2,45,46,47)/t22-,23-,24+,25-,27+/m1/s1. The maximum atomic E-state index is 14.0. The van der Waals surface area contributed by atoms with E-state index in [9.17, 15) is 33.3 Å². The second-order valence-electron chi connectivity index (χ2n) is 13.2. The molecule has 18 heteroatoms. The Hall–Kier alpha value is -3.66. The van der Waals surface area contributed by atoms with Gasteiger partial charge in [0, 0.05) is 13.0 Å². The highest BCUT2D eigenvalue weighted by Crippen LogP contribution is 2.37. The van der Waals surface area contributed by atoms with Gasteiger partial charge in [0.1, 0.15) is 36.0 Å². The van der Waals surface area contributed by atoms with Crippen LogP contribution in [-0.2, 0) is 39.8 Å². The summed E-state index contributed by atoms with van der Waals surface area (Å²) >= 11 is 1.49. The molecule has 2 aliphatic rings. The zero-order chi connectivity index (χ0) is 37.2. The molecule has 2 fully saturated rings. The van der Waals surface area contributed by atoms with Gasteiger partial charge in [-0.15, -0.1) is 0 Å². The average Bonchev–Trinajstić information content (AvgIpc) is 3.53. The zero-order valence-electron chi connectivity index (χ0n) is 29.0. The molecule has 2 aliphatic heterocycles. The predicted octanol–water partition coefficient (Wildman–Crippen LogP) is 0.216. The molecule has 0 bridgehead atoms. The molecule has 0 radical (unpaired) electrons. The van der Waals surface area contributed by atoms with Crippen LogP contribution in [0.15, 0.2) is 24.3 Å². The summed E-state index contributed by atoms with van der Waals surface area (Å²) in [6.07, 6.45) is 3.18. The van der Waals surface area contributed by atoms with Gasteiger partial charge in [0.15, 0.2) is 0 Å². The van der Waals surface area contributed by atoms with Gasteiger partial charge >= 0.3 is 7.82 Å². The number of nitrogens with one attached hydrogen (secondary N) is 5. The molecule has 2 saturated heterocycles. The van der Waals surface area contributed by atoms with Crippen LogP contribution >= 0.6 is 19.6 Å². The van der Waals surface area contributed by atoms with Crippen molar-refractivity contribution < 1.29 is 47.6 Å². The van der Waals surface area contributed by atoms with Gasteiger partial charge in [0.05, 0.1) is 6.54 Å². The molecule has 0 spiro atoms. The van der Waals surface area contributed by atoms with Crippen LogP contribution in [0, 0.1) is 11.8 Å².